The molecule has 1 heterocycles. The molecule has 0 N–H and O–H groups in total. The van der Waals surface area contributed by atoms with Gasteiger partial charge in [0.05, 0.1) is 7.11 Å². The Balaban J connectivity index is 1.85. The molecule has 1 unspecified atom stereocenters. The molecule has 25 heavy (non-hydrogen) atoms. The highest BCUT2D eigenvalue weighted by Crippen LogP contribution is 2.38. The first-order valence-corrected chi connectivity index (χ1v) is 8.79. The Labute approximate surface area is 148 Å². The van der Waals surface area contributed by atoms with Gasteiger partial charge in [0, 0.05) is 5.56 Å². The van der Waals surface area contributed by atoms with Gasteiger partial charge in [0.2, 0.25) is 0 Å². The smallest absolute Gasteiger partial charge is 0.347 e. The second-order valence-electron chi connectivity index (χ2n) is 6.22. The number of benzene rings is 2. The average molecular weight is 340 g/mol. The van der Waals surface area contributed by atoms with Crippen molar-refractivity contribution < 1.29 is 19.0 Å². The minimum Gasteiger partial charge on any atom is -0.488 e. The average Bonchev–Trinajstić information content (AvgIpc) is 2.67. The highest BCUT2D eigenvalue weighted by Gasteiger charge is 2.29. The summed E-state index contributed by atoms with van der Waals surface area (Å²) < 4.78 is 16.9. The zero-order valence-corrected chi connectivity index (χ0v) is 14.8. The number of methoxy groups -OCH3 is 1. The van der Waals surface area contributed by atoms with Gasteiger partial charge in [0.1, 0.15) is 18.1 Å². The predicted molar refractivity (Wildman–Crippen MR) is 96.0 cm³/mol. The molecule has 4 heteroatoms. The van der Waals surface area contributed by atoms with Crippen LogP contribution in [0.5, 0.6) is 11.5 Å². The number of rotatable bonds is 6. The van der Waals surface area contributed by atoms with Crippen molar-refractivity contribution in [2.75, 3.05) is 7.11 Å². The van der Waals surface area contributed by atoms with Crippen LogP contribution in [0.1, 0.15) is 36.5 Å². The van der Waals surface area contributed by atoms with Gasteiger partial charge in [-0.3, -0.25) is 0 Å². The molecule has 1 aliphatic heterocycles. The minimum absolute atomic E-state index is 0.316. The van der Waals surface area contributed by atoms with Gasteiger partial charge in [-0.25, -0.2) is 4.79 Å². The summed E-state index contributed by atoms with van der Waals surface area (Å²) in [5.74, 6) is 1.31. The Morgan fingerprint density at radius 3 is 2.72 bits per heavy atom. The standard InChI is InChI=1S/C21H24O4/c1-3-7-17-18(24-14-15-8-5-4-6-9-15)12-10-16-11-13-19(21(22)23-2)25-20(16)17/h4-6,8-10,12,19H,3,7,11,13-14H2,1-2H3. The van der Waals surface area contributed by atoms with Gasteiger partial charge < -0.3 is 14.2 Å². The fourth-order valence-corrected chi connectivity index (χ4v) is 3.14. The van der Waals surface area contributed by atoms with E-state index >= 15 is 0 Å². The monoisotopic (exact) mass is 340 g/mol. The molecule has 0 radical (unpaired) electrons. The van der Waals surface area contributed by atoms with Crippen molar-refractivity contribution >= 4 is 5.97 Å². The van der Waals surface area contributed by atoms with Gasteiger partial charge >= 0.3 is 5.97 Å². The molecule has 0 saturated carbocycles. The maximum absolute atomic E-state index is 11.9. The normalized spacial score (nSPS) is 15.8. The summed E-state index contributed by atoms with van der Waals surface area (Å²) in [6.45, 7) is 2.64. The van der Waals surface area contributed by atoms with E-state index in [2.05, 4.69) is 6.92 Å². The molecule has 4 nitrogen and oxygen atoms in total. The topological polar surface area (TPSA) is 44.8 Å². The molecule has 0 aromatic heterocycles. The van der Waals surface area contributed by atoms with Crippen LogP contribution in [0, 0.1) is 0 Å². The molecule has 0 aliphatic carbocycles. The van der Waals surface area contributed by atoms with Gasteiger partial charge in [0.25, 0.3) is 0 Å². The van der Waals surface area contributed by atoms with E-state index in [4.69, 9.17) is 14.2 Å². The number of esters is 1. The number of fused-ring (bicyclic) bond motifs is 1. The summed E-state index contributed by atoms with van der Waals surface area (Å²) in [5, 5.41) is 0. The van der Waals surface area contributed by atoms with Crippen molar-refractivity contribution in [2.45, 2.75) is 45.3 Å². The summed E-state index contributed by atoms with van der Waals surface area (Å²) in [7, 11) is 1.40. The van der Waals surface area contributed by atoms with Crippen molar-refractivity contribution in [1.82, 2.24) is 0 Å². The van der Waals surface area contributed by atoms with Crippen LogP contribution in [0.4, 0.5) is 0 Å². The third-order valence-corrected chi connectivity index (χ3v) is 4.44. The van der Waals surface area contributed by atoms with Gasteiger partial charge in [-0.2, -0.15) is 0 Å². The molecular weight excluding hydrogens is 316 g/mol. The molecule has 0 bridgehead atoms. The zero-order valence-electron chi connectivity index (χ0n) is 14.8. The van der Waals surface area contributed by atoms with Crippen LogP contribution >= 0.6 is 0 Å². The van der Waals surface area contributed by atoms with E-state index < -0.39 is 6.10 Å². The van der Waals surface area contributed by atoms with Gasteiger partial charge in [-0.15, -0.1) is 0 Å². The van der Waals surface area contributed by atoms with Crippen LogP contribution in [0.2, 0.25) is 0 Å². The highest BCUT2D eigenvalue weighted by atomic mass is 16.6. The Bertz CT molecular complexity index is 724. The van der Waals surface area contributed by atoms with Crippen molar-refractivity contribution in [3.8, 4) is 11.5 Å². The van der Waals surface area contributed by atoms with Crippen LogP contribution in [-0.4, -0.2) is 19.2 Å². The number of hydrogen-bond donors (Lipinski definition) is 0. The van der Waals surface area contributed by atoms with Crippen LogP contribution in [-0.2, 0) is 29.0 Å². The first-order chi connectivity index (χ1) is 12.2. The van der Waals surface area contributed by atoms with E-state index in [0.717, 1.165) is 47.5 Å². The van der Waals surface area contributed by atoms with Crippen molar-refractivity contribution in [3.63, 3.8) is 0 Å². The number of aryl methyl sites for hydroxylation is 1. The number of ether oxygens (including phenoxy) is 3. The lowest BCUT2D eigenvalue weighted by molar-refractivity contribution is -0.149. The molecule has 1 atom stereocenters. The molecule has 0 spiro atoms. The molecule has 0 fully saturated rings. The van der Waals surface area contributed by atoms with E-state index in [1.807, 2.05) is 42.5 Å². The van der Waals surface area contributed by atoms with Gasteiger partial charge in [-0.05, 0) is 36.5 Å². The van der Waals surface area contributed by atoms with Crippen LogP contribution in [0.25, 0.3) is 0 Å². The summed E-state index contributed by atoms with van der Waals surface area (Å²) >= 11 is 0. The Hall–Kier alpha value is -2.49. The van der Waals surface area contributed by atoms with Crippen molar-refractivity contribution in [3.05, 3.63) is 59.2 Å². The van der Waals surface area contributed by atoms with Crippen LogP contribution < -0.4 is 9.47 Å². The van der Waals surface area contributed by atoms with E-state index in [0.29, 0.717) is 13.0 Å². The molecular formula is C21H24O4. The van der Waals surface area contributed by atoms with Gasteiger partial charge in [0.15, 0.2) is 6.10 Å². The van der Waals surface area contributed by atoms with E-state index in [1.165, 1.54) is 7.11 Å². The quantitative estimate of drug-likeness (QED) is 0.743. The molecule has 3 rings (SSSR count). The molecule has 132 valence electrons. The Morgan fingerprint density at radius 2 is 2.00 bits per heavy atom. The van der Waals surface area contributed by atoms with E-state index in [1.54, 1.807) is 0 Å². The largest absolute Gasteiger partial charge is 0.488 e. The third kappa shape index (κ3) is 3.95. The molecule has 1 aliphatic rings. The first kappa shape index (κ1) is 17.3. The summed E-state index contributed by atoms with van der Waals surface area (Å²) in [6.07, 6.45) is 2.75. The maximum atomic E-state index is 11.9. The van der Waals surface area contributed by atoms with Crippen LogP contribution in [0.3, 0.4) is 0 Å². The fraction of sp³-hybridized carbons (Fsp3) is 0.381. The maximum Gasteiger partial charge on any atom is 0.347 e. The predicted octanol–water partition coefficient (Wildman–Crippen LogP) is 4.08. The van der Waals surface area contributed by atoms with Crippen molar-refractivity contribution in [1.29, 1.82) is 0 Å². The Kier molecular flexibility index (Phi) is 5.59. The minimum atomic E-state index is -0.530. The van der Waals surface area contributed by atoms with Crippen LogP contribution in [0.15, 0.2) is 42.5 Å². The van der Waals surface area contributed by atoms with Crippen molar-refractivity contribution in [2.24, 2.45) is 0 Å². The molecule has 0 amide bonds. The van der Waals surface area contributed by atoms with E-state index in [-0.39, 0.29) is 5.97 Å². The lowest BCUT2D eigenvalue weighted by atomic mass is 9.96. The lowest BCUT2D eigenvalue weighted by Gasteiger charge is -2.27. The van der Waals surface area contributed by atoms with E-state index in [9.17, 15) is 4.79 Å². The molecule has 2 aromatic rings. The second kappa shape index (κ2) is 8.06. The number of hydrogen-bond acceptors (Lipinski definition) is 4. The summed E-state index contributed by atoms with van der Waals surface area (Å²) in [5.41, 5.74) is 3.30. The summed E-state index contributed by atoms with van der Waals surface area (Å²) in [4.78, 5) is 11.9. The fourth-order valence-electron chi connectivity index (χ4n) is 3.14. The first-order valence-electron chi connectivity index (χ1n) is 8.79. The number of carbonyl (C=O) groups is 1. The lowest BCUT2D eigenvalue weighted by Crippen LogP contribution is -2.32. The molecule has 2 aromatic carbocycles. The second-order valence-corrected chi connectivity index (χ2v) is 6.22. The molecule has 0 saturated heterocycles. The Morgan fingerprint density at radius 1 is 1.20 bits per heavy atom. The van der Waals surface area contributed by atoms with Gasteiger partial charge in [-0.1, -0.05) is 49.7 Å². The SMILES string of the molecule is CCCc1c(OCc2ccccc2)ccc2c1OC(C(=O)OC)CC2. The summed E-state index contributed by atoms with van der Waals surface area (Å²) in [6, 6.07) is 14.1. The third-order valence-electron chi connectivity index (χ3n) is 4.44. The zero-order chi connectivity index (χ0) is 17.6. The highest BCUT2D eigenvalue weighted by molar-refractivity contribution is 5.75. The number of carbonyl (C=O) groups excluding carboxylic acids is 1.